The number of nitrogens with one attached hydrogen (secondary N) is 2. The maximum atomic E-state index is 12.9. The van der Waals surface area contributed by atoms with Gasteiger partial charge in [-0.2, -0.15) is 10.2 Å². The lowest BCUT2D eigenvalue weighted by Gasteiger charge is -2.35. The number of aryl methyl sites for hydroxylation is 2. The van der Waals surface area contributed by atoms with Gasteiger partial charge >= 0.3 is 0 Å². The van der Waals surface area contributed by atoms with Crippen LogP contribution in [0.1, 0.15) is 33.5 Å². The fraction of sp³-hybridized carbons (Fsp3) is 0.409. The molecule has 164 valence electrons. The Balaban J connectivity index is 1.51. The summed E-state index contributed by atoms with van der Waals surface area (Å²) >= 11 is 6.48. The molecule has 1 unspecified atom stereocenters. The standard InChI is InChI=1S/C22H27ClN6O2/c1-14-21(15(2)28(3)27-14)18-12-19(26-25-18)22(30)24-13-20(29-8-10-31-11-9-29)16-6-4-5-7-17(16)23/h4-7,12,20H,8-11,13H2,1-3H3,(H,24,30)(H,25,26). The summed E-state index contributed by atoms with van der Waals surface area (Å²) in [5.74, 6) is -0.205. The van der Waals surface area contributed by atoms with E-state index in [-0.39, 0.29) is 11.9 Å². The van der Waals surface area contributed by atoms with Crippen LogP contribution >= 0.6 is 11.6 Å². The molecule has 31 heavy (non-hydrogen) atoms. The number of aromatic amines is 1. The zero-order valence-electron chi connectivity index (χ0n) is 18.0. The number of carbonyl (C=O) groups is 1. The second-order valence-electron chi connectivity index (χ2n) is 7.73. The van der Waals surface area contributed by atoms with Crippen LogP contribution in [0.25, 0.3) is 11.3 Å². The molecular weight excluding hydrogens is 416 g/mol. The quantitative estimate of drug-likeness (QED) is 0.612. The molecule has 1 atom stereocenters. The predicted octanol–water partition coefficient (Wildman–Crippen LogP) is 2.88. The smallest absolute Gasteiger partial charge is 0.269 e. The number of morpholine rings is 1. The lowest BCUT2D eigenvalue weighted by atomic mass is 10.0. The van der Waals surface area contributed by atoms with E-state index >= 15 is 0 Å². The molecule has 0 spiro atoms. The number of benzene rings is 1. The van der Waals surface area contributed by atoms with Crippen molar-refractivity contribution in [2.24, 2.45) is 7.05 Å². The number of amides is 1. The van der Waals surface area contributed by atoms with E-state index in [1.54, 1.807) is 6.07 Å². The number of nitrogens with zero attached hydrogens (tertiary/aromatic N) is 4. The van der Waals surface area contributed by atoms with E-state index in [2.05, 4.69) is 25.5 Å². The average molecular weight is 443 g/mol. The van der Waals surface area contributed by atoms with Gasteiger partial charge in [0.05, 0.1) is 30.6 Å². The van der Waals surface area contributed by atoms with E-state index in [9.17, 15) is 4.79 Å². The predicted molar refractivity (Wildman–Crippen MR) is 119 cm³/mol. The zero-order valence-corrected chi connectivity index (χ0v) is 18.7. The van der Waals surface area contributed by atoms with Crippen LogP contribution in [0.15, 0.2) is 30.3 Å². The number of carbonyl (C=O) groups excluding carboxylic acids is 1. The Morgan fingerprint density at radius 1 is 1.29 bits per heavy atom. The minimum Gasteiger partial charge on any atom is -0.379 e. The van der Waals surface area contributed by atoms with Crippen molar-refractivity contribution in [1.82, 2.24) is 30.2 Å². The molecule has 9 heteroatoms. The van der Waals surface area contributed by atoms with Crippen molar-refractivity contribution >= 4 is 17.5 Å². The zero-order chi connectivity index (χ0) is 22.0. The summed E-state index contributed by atoms with van der Waals surface area (Å²) in [5, 5.41) is 15.4. The summed E-state index contributed by atoms with van der Waals surface area (Å²) in [6.07, 6.45) is 0. The summed E-state index contributed by atoms with van der Waals surface area (Å²) in [6, 6.07) is 9.51. The van der Waals surface area contributed by atoms with Gasteiger partial charge < -0.3 is 10.1 Å². The van der Waals surface area contributed by atoms with E-state index in [1.807, 2.05) is 49.8 Å². The van der Waals surface area contributed by atoms with E-state index < -0.39 is 0 Å². The average Bonchev–Trinajstić information content (AvgIpc) is 3.34. The molecule has 4 rings (SSSR count). The molecule has 2 N–H and O–H groups in total. The van der Waals surface area contributed by atoms with Gasteiger partial charge in [-0.05, 0) is 31.5 Å². The maximum Gasteiger partial charge on any atom is 0.269 e. The highest BCUT2D eigenvalue weighted by molar-refractivity contribution is 6.31. The molecule has 0 bridgehead atoms. The summed E-state index contributed by atoms with van der Waals surface area (Å²) in [4.78, 5) is 15.2. The van der Waals surface area contributed by atoms with E-state index in [4.69, 9.17) is 16.3 Å². The third kappa shape index (κ3) is 4.51. The van der Waals surface area contributed by atoms with Crippen molar-refractivity contribution in [3.63, 3.8) is 0 Å². The fourth-order valence-electron chi connectivity index (χ4n) is 4.07. The number of halogens is 1. The molecule has 1 amide bonds. The molecule has 0 radical (unpaired) electrons. The van der Waals surface area contributed by atoms with Crippen molar-refractivity contribution in [2.75, 3.05) is 32.8 Å². The minimum absolute atomic E-state index is 0.0354. The van der Waals surface area contributed by atoms with Gasteiger partial charge in [0.15, 0.2) is 0 Å². The number of ether oxygens (including phenoxy) is 1. The number of aromatic nitrogens is 4. The molecule has 0 aliphatic carbocycles. The summed E-state index contributed by atoms with van der Waals surface area (Å²) in [7, 11) is 1.90. The van der Waals surface area contributed by atoms with E-state index in [0.717, 1.165) is 35.6 Å². The Morgan fingerprint density at radius 2 is 2.03 bits per heavy atom. The third-order valence-electron chi connectivity index (χ3n) is 5.79. The highest BCUT2D eigenvalue weighted by Gasteiger charge is 2.25. The summed E-state index contributed by atoms with van der Waals surface area (Å²) in [6.45, 7) is 7.28. The monoisotopic (exact) mass is 442 g/mol. The maximum absolute atomic E-state index is 12.9. The lowest BCUT2D eigenvalue weighted by Crippen LogP contribution is -2.44. The van der Waals surface area contributed by atoms with Crippen LogP contribution in [0.5, 0.6) is 0 Å². The largest absolute Gasteiger partial charge is 0.379 e. The number of rotatable bonds is 6. The van der Waals surface area contributed by atoms with Gasteiger partial charge in [-0.15, -0.1) is 0 Å². The first-order chi connectivity index (χ1) is 15.0. The number of hydrogen-bond donors (Lipinski definition) is 2. The Bertz CT molecular complexity index is 1070. The molecule has 1 saturated heterocycles. The van der Waals surface area contributed by atoms with Crippen molar-refractivity contribution < 1.29 is 9.53 Å². The van der Waals surface area contributed by atoms with Crippen LogP contribution in [0, 0.1) is 13.8 Å². The normalized spacial score (nSPS) is 15.7. The summed E-state index contributed by atoms with van der Waals surface area (Å²) < 4.78 is 7.31. The number of hydrogen-bond acceptors (Lipinski definition) is 5. The first-order valence-corrected chi connectivity index (χ1v) is 10.7. The minimum atomic E-state index is -0.205. The molecule has 2 aromatic heterocycles. The third-order valence-corrected chi connectivity index (χ3v) is 6.14. The molecule has 1 aliphatic heterocycles. The van der Waals surface area contributed by atoms with Crippen LogP contribution < -0.4 is 5.32 Å². The van der Waals surface area contributed by atoms with Crippen molar-refractivity contribution in [2.45, 2.75) is 19.9 Å². The highest BCUT2D eigenvalue weighted by atomic mass is 35.5. The molecule has 3 heterocycles. The van der Waals surface area contributed by atoms with Crippen LogP contribution in [-0.4, -0.2) is 63.6 Å². The van der Waals surface area contributed by atoms with Crippen molar-refractivity contribution in [3.8, 4) is 11.3 Å². The van der Waals surface area contributed by atoms with Gasteiger partial charge in [0, 0.05) is 43.0 Å². The van der Waals surface area contributed by atoms with Crippen molar-refractivity contribution in [3.05, 3.63) is 58.0 Å². The van der Waals surface area contributed by atoms with Crippen LogP contribution in [0.4, 0.5) is 0 Å². The lowest BCUT2D eigenvalue weighted by molar-refractivity contribution is 0.0162. The SMILES string of the molecule is Cc1nn(C)c(C)c1-c1cc(C(=O)NCC(c2ccccc2Cl)N2CCOCC2)[nH]n1. The Hall–Kier alpha value is -2.68. The molecule has 1 aromatic carbocycles. The molecule has 3 aromatic rings. The van der Waals surface area contributed by atoms with Crippen LogP contribution in [0.2, 0.25) is 5.02 Å². The van der Waals surface area contributed by atoms with Gasteiger partial charge in [0.2, 0.25) is 0 Å². The molecular formula is C22H27ClN6O2. The molecule has 8 nitrogen and oxygen atoms in total. The van der Waals surface area contributed by atoms with Gasteiger partial charge in [-0.25, -0.2) is 0 Å². The second-order valence-corrected chi connectivity index (χ2v) is 8.14. The molecule has 1 aliphatic rings. The summed E-state index contributed by atoms with van der Waals surface area (Å²) in [5.41, 5.74) is 4.95. The Morgan fingerprint density at radius 3 is 2.71 bits per heavy atom. The van der Waals surface area contributed by atoms with Gasteiger partial charge in [0.25, 0.3) is 5.91 Å². The Kier molecular flexibility index (Phi) is 6.41. The van der Waals surface area contributed by atoms with Crippen LogP contribution in [0.3, 0.4) is 0 Å². The molecule has 1 fully saturated rings. The Labute approximate surface area is 186 Å². The first-order valence-electron chi connectivity index (χ1n) is 10.4. The first kappa shape index (κ1) is 21.5. The van der Waals surface area contributed by atoms with Gasteiger partial charge in [-0.1, -0.05) is 29.8 Å². The van der Waals surface area contributed by atoms with Gasteiger partial charge in [-0.3, -0.25) is 19.5 Å². The molecule has 0 saturated carbocycles. The van der Waals surface area contributed by atoms with Crippen molar-refractivity contribution in [1.29, 1.82) is 0 Å². The topological polar surface area (TPSA) is 88.1 Å². The fourth-order valence-corrected chi connectivity index (χ4v) is 4.33. The van der Waals surface area contributed by atoms with E-state index in [0.29, 0.717) is 36.2 Å². The second kappa shape index (κ2) is 9.21. The van der Waals surface area contributed by atoms with Crippen LogP contribution in [-0.2, 0) is 11.8 Å². The van der Waals surface area contributed by atoms with Gasteiger partial charge in [0.1, 0.15) is 5.69 Å². The highest BCUT2D eigenvalue weighted by Crippen LogP contribution is 2.28. The van der Waals surface area contributed by atoms with E-state index in [1.165, 1.54) is 0 Å². The number of H-pyrrole nitrogens is 1.